The van der Waals surface area contributed by atoms with Crippen molar-refractivity contribution in [1.29, 1.82) is 0 Å². The highest BCUT2D eigenvalue weighted by Gasteiger charge is 2.46. The second-order valence-electron chi connectivity index (χ2n) is 18.0. The molecule has 0 fully saturated rings. The van der Waals surface area contributed by atoms with Gasteiger partial charge >= 0.3 is 0 Å². The molecule has 11 aromatic carbocycles. The van der Waals surface area contributed by atoms with Gasteiger partial charge in [-0.15, -0.1) is 11.3 Å². The summed E-state index contributed by atoms with van der Waals surface area (Å²) in [5.74, 6) is 0. The van der Waals surface area contributed by atoms with E-state index in [1.807, 2.05) is 11.3 Å². The van der Waals surface area contributed by atoms with E-state index in [-0.39, 0.29) is 0 Å². The second-order valence-corrected chi connectivity index (χ2v) is 19.1. The van der Waals surface area contributed by atoms with Crippen molar-refractivity contribution in [3.05, 3.63) is 295 Å². The number of hydrogen-bond donors (Lipinski definition) is 0. The topological polar surface area (TPSA) is 3.24 Å². The van der Waals surface area contributed by atoms with Crippen LogP contribution in [0.25, 0.3) is 75.8 Å². The van der Waals surface area contributed by atoms with Crippen LogP contribution >= 0.6 is 11.3 Å². The third-order valence-electron chi connectivity index (χ3n) is 14.2. The maximum absolute atomic E-state index is 2.41. The van der Waals surface area contributed by atoms with Gasteiger partial charge in [0, 0.05) is 37.2 Å². The van der Waals surface area contributed by atoms with Crippen molar-refractivity contribution in [1.82, 2.24) is 0 Å². The quantitative estimate of drug-likeness (QED) is 0.140. The zero-order valence-corrected chi connectivity index (χ0v) is 38.7. The van der Waals surface area contributed by atoms with Crippen molar-refractivity contribution in [2.75, 3.05) is 4.90 Å². The average molecular weight is 896 g/mol. The zero-order chi connectivity index (χ0) is 45.7. The van der Waals surface area contributed by atoms with Crippen LogP contribution in [0.1, 0.15) is 22.3 Å². The lowest BCUT2D eigenvalue weighted by Crippen LogP contribution is -2.28. The van der Waals surface area contributed by atoms with Gasteiger partial charge in [0.1, 0.15) is 0 Å². The van der Waals surface area contributed by atoms with Crippen LogP contribution in [0.4, 0.5) is 17.1 Å². The Kier molecular flexibility index (Phi) is 10.00. The van der Waals surface area contributed by atoms with E-state index in [0.29, 0.717) is 0 Å². The molecular weight excluding hydrogens is 851 g/mol. The molecule has 324 valence electrons. The lowest BCUT2D eigenvalue weighted by Gasteiger charge is -2.33. The van der Waals surface area contributed by atoms with Crippen molar-refractivity contribution in [3.63, 3.8) is 0 Å². The van der Waals surface area contributed by atoms with Crippen molar-refractivity contribution in [2.24, 2.45) is 0 Å². The molecule has 2 heteroatoms. The minimum atomic E-state index is -0.407. The molecule has 0 saturated carbocycles. The molecule has 0 amide bonds. The standard InChI is InChI=1S/C67H45NS/c1-4-16-46(17-5-1)50-18-14-24-57(42-50)68(56-38-34-49(35-39-56)53-37-41-66-62(45-53)60-27-11-13-29-65(60)69-66)58-25-15-19-51(43-58)47-30-32-48(33-31-47)52-36-40-64-61(44-52)59-26-10-12-28-63(59)67(64,54-20-6-2-7-21-54)55-22-8-3-9-23-55/h1-45H. The lowest BCUT2D eigenvalue weighted by atomic mass is 9.67. The van der Waals surface area contributed by atoms with E-state index in [4.69, 9.17) is 0 Å². The SMILES string of the molecule is c1ccc(-c2cccc(N(c3ccc(-c4ccc5sc6ccccc6c5c4)cc3)c3cccc(-c4ccc(-c5ccc6c(c5)-c5ccccc5C6(c5ccccc5)c5ccccc5)cc4)c3)c2)cc1. The molecule has 0 atom stereocenters. The molecule has 0 spiro atoms. The Bertz CT molecular complexity index is 3780. The third kappa shape index (κ3) is 7.00. The van der Waals surface area contributed by atoms with Crippen LogP contribution in [0.3, 0.4) is 0 Å². The molecule has 0 bridgehead atoms. The first-order valence-electron chi connectivity index (χ1n) is 23.7. The first-order valence-corrected chi connectivity index (χ1v) is 24.5. The van der Waals surface area contributed by atoms with E-state index in [2.05, 4.69) is 278 Å². The van der Waals surface area contributed by atoms with Crippen LogP contribution in [-0.2, 0) is 5.41 Å². The summed E-state index contributed by atoms with van der Waals surface area (Å²) in [6.07, 6.45) is 0. The molecule has 1 aliphatic carbocycles. The summed E-state index contributed by atoms with van der Waals surface area (Å²) in [7, 11) is 0. The predicted molar refractivity (Wildman–Crippen MR) is 293 cm³/mol. The Morgan fingerprint density at radius 3 is 1.36 bits per heavy atom. The lowest BCUT2D eigenvalue weighted by molar-refractivity contribution is 0.768. The number of thiophene rings is 1. The molecule has 1 nitrogen and oxygen atoms in total. The molecule has 13 rings (SSSR count). The van der Waals surface area contributed by atoms with Gasteiger partial charge in [0.05, 0.1) is 5.41 Å². The normalized spacial score (nSPS) is 12.5. The van der Waals surface area contributed by atoms with E-state index in [1.165, 1.54) is 92.5 Å². The molecule has 1 heterocycles. The molecular formula is C67H45NS. The van der Waals surface area contributed by atoms with Crippen LogP contribution in [0.5, 0.6) is 0 Å². The van der Waals surface area contributed by atoms with Crippen LogP contribution in [0.15, 0.2) is 273 Å². The fourth-order valence-electron chi connectivity index (χ4n) is 10.9. The molecule has 0 saturated heterocycles. The van der Waals surface area contributed by atoms with E-state index in [1.54, 1.807) is 0 Å². The van der Waals surface area contributed by atoms with Crippen molar-refractivity contribution >= 4 is 48.6 Å². The summed E-state index contributed by atoms with van der Waals surface area (Å²) >= 11 is 1.86. The van der Waals surface area contributed by atoms with Gasteiger partial charge in [0.2, 0.25) is 0 Å². The maximum atomic E-state index is 2.41. The fourth-order valence-corrected chi connectivity index (χ4v) is 12.0. The summed E-state index contributed by atoms with van der Waals surface area (Å²) in [5, 5.41) is 2.63. The smallest absolute Gasteiger partial charge is 0.0713 e. The summed E-state index contributed by atoms with van der Waals surface area (Å²) in [4.78, 5) is 2.39. The Labute approximate surface area is 407 Å². The molecule has 0 aliphatic heterocycles. The van der Waals surface area contributed by atoms with Gasteiger partial charge in [-0.2, -0.15) is 0 Å². The Balaban J connectivity index is 0.859. The first kappa shape index (κ1) is 40.7. The van der Waals surface area contributed by atoms with E-state index in [9.17, 15) is 0 Å². The van der Waals surface area contributed by atoms with Gasteiger partial charge in [0.15, 0.2) is 0 Å². The minimum absolute atomic E-state index is 0.407. The van der Waals surface area contributed by atoms with Gasteiger partial charge in [-0.05, 0) is 139 Å². The minimum Gasteiger partial charge on any atom is -0.310 e. The van der Waals surface area contributed by atoms with Crippen LogP contribution < -0.4 is 4.90 Å². The molecule has 0 unspecified atom stereocenters. The molecule has 0 radical (unpaired) electrons. The highest BCUT2D eigenvalue weighted by molar-refractivity contribution is 7.25. The molecule has 12 aromatic rings. The van der Waals surface area contributed by atoms with Gasteiger partial charge in [-0.1, -0.05) is 212 Å². The average Bonchev–Trinajstić information content (AvgIpc) is 3.95. The largest absolute Gasteiger partial charge is 0.310 e. The molecule has 1 aliphatic rings. The monoisotopic (exact) mass is 895 g/mol. The summed E-state index contributed by atoms with van der Waals surface area (Å²) < 4.78 is 2.64. The summed E-state index contributed by atoms with van der Waals surface area (Å²) in [5.41, 5.74) is 20.2. The van der Waals surface area contributed by atoms with Crippen LogP contribution in [0, 0.1) is 0 Å². The summed E-state index contributed by atoms with van der Waals surface area (Å²) in [6, 6.07) is 100. The highest BCUT2D eigenvalue weighted by atomic mass is 32.1. The number of hydrogen-bond acceptors (Lipinski definition) is 2. The number of fused-ring (bicyclic) bond motifs is 6. The van der Waals surface area contributed by atoms with Gasteiger partial charge in [-0.3, -0.25) is 0 Å². The number of nitrogens with zero attached hydrogens (tertiary/aromatic N) is 1. The first-order chi connectivity index (χ1) is 34.2. The zero-order valence-electron chi connectivity index (χ0n) is 37.8. The highest BCUT2D eigenvalue weighted by Crippen LogP contribution is 2.56. The van der Waals surface area contributed by atoms with Crippen LogP contribution in [-0.4, -0.2) is 0 Å². The Morgan fingerprint density at radius 2 is 0.710 bits per heavy atom. The number of anilines is 3. The summed E-state index contributed by atoms with van der Waals surface area (Å²) in [6.45, 7) is 0. The van der Waals surface area contributed by atoms with Crippen LogP contribution in [0.2, 0.25) is 0 Å². The molecule has 69 heavy (non-hydrogen) atoms. The molecule has 0 N–H and O–H groups in total. The maximum Gasteiger partial charge on any atom is 0.0713 e. The number of rotatable bonds is 9. The van der Waals surface area contributed by atoms with Crippen molar-refractivity contribution < 1.29 is 0 Å². The van der Waals surface area contributed by atoms with E-state index >= 15 is 0 Å². The van der Waals surface area contributed by atoms with Gasteiger partial charge in [0.25, 0.3) is 0 Å². The third-order valence-corrected chi connectivity index (χ3v) is 15.3. The Morgan fingerprint density at radius 1 is 0.261 bits per heavy atom. The van der Waals surface area contributed by atoms with Gasteiger partial charge < -0.3 is 4.90 Å². The number of benzene rings is 11. The Hall–Kier alpha value is -8.56. The fraction of sp³-hybridized carbons (Fsp3) is 0.0149. The van der Waals surface area contributed by atoms with Gasteiger partial charge in [-0.25, -0.2) is 0 Å². The predicted octanol–water partition coefficient (Wildman–Crippen LogP) is 18.6. The van der Waals surface area contributed by atoms with E-state index in [0.717, 1.165) is 22.6 Å². The van der Waals surface area contributed by atoms with Crippen molar-refractivity contribution in [2.45, 2.75) is 5.41 Å². The molecule has 1 aromatic heterocycles. The van der Waals surface area contributed by atoms with Crippen molar-refractivity contribution in [3.8, 4) is 55.6 Å². The van der Waals surface area contributed by atoms with E-state index < -0.39 is 5.41 Å². The second kappa shape index (κ2) is 16.9.